The fourth-order valence-electron chi connectivity index (χ4n) is 4.46. The molecule has 0 amide bonds. The molecule has 8 heteroatoms. The van der Waals surface area contributed by atoms with E-state index in [1.165, 1.54) is 0 Å². The highest BCUT2D eigenvalue weighted by Crippen LogP contribution is 2.51. The molecule has 3 heterocycles. The van der Waals surface area contributed by atoms with Crippen LogP contribution >= 0.6 is 27.5 Å². The van der Waals surface area contributed by atoms with Crippen molar-refractivity contribution < 1.29 is 9.47 Å². The summed E-state index contributed by atoms with van der Waals surface area (Å²) in [6.07, 6.45) is 1.22. The van der Waals surface area contributed by atoms with E-state index in [2.05, 4.69) is 43.5 Å². The largest absolute Gasteiger partial charge is 0.497 e. The number of nitrogens with zero attached hydrogens (tertiary/aromatic N) is 3. The standard InChI is InChI=1S/C25H18BrClN4O2/c1-32-18-9-4-15(5-10-18)24-21-22(19-12-17(27)8-11-20(19)33-24)30-25-28-13-29-31(25)23(21)14-2-6-16(26)7-3-14/h2-13,23-24H,1H3,(H,28,29,30)/t23-,24+/m1/s1. The molecule has 33 heavy (non-hydrogen) atoms. The Kier molecular flexibility index (Phi) is 4.89. The molecule has 0 radical (unpaired) electrons. The van der Waals surface area contributed by atoms with Crippen molar-refractivity contribution in [1.29, 1.82) is 0 Å². The SMILES string of the molecule is COc1ccc([C@@H]2Oc3ccc(Cl)cc3C3=C2[C@@H](c2ccc(Br)cc2)n2ncnc2N3)cc1. The summed E-state index contributed by atoms with van der Waals surface area (Å²) in [5.74, 6) is 2.22. The average molecular weight is 522 g/mol. The van der Waals surface area contributed by atoms with E-state index in [4.69, 9.17) is 21.1 Å². The monoisotopic (exact) mass is 520 g/mol. The van der Waals surface area contributed by atoms with Crippen LogP contribution < -0.4 is 14.8 Å². The zero-order chi connectivity index (χ0) is 22.5. The van der Waals surface area contributed by atoms with E-state index < -0.39 is 0 Å². The Labute approximate surface area is 204 Å². The number of methoxy groups -OCH3 is 1. The molecule has 4 aromatic rings. The van der Waals surface area contributed by atoms with Crippen LogP contribution in [-0.4, -0.2) is 21.9 Å². The third-order valence-electron chi connectivity index (χ3n) is 5.98. The van der Waals surface area contributed by atoms with E-state index >= 15 is 0 Å². The minimum absolute atomic E-state index is 0.217. The molecule has 2 aliphatic rings. The quantitative estimate of drug-likeness (QED) is 0.345. The summed E-state index contributed by atoms with van der Waals surface area (Å²) in [5.41, 5.74) is 4.96. The van der Waals surface area contributed by atoms with E-state index in [1.54, 1.807) is 13.4 Å². The number of fused-ring (bicyclic) bond motifs is 3. The summed E-state index contributed by atoms with van der Waals surface area (Å²) in [6.45, 7) is 0. The second-order valence-corrected chi connectivity index (χ2v) is 9.20. The second-order valence-electron chi connectivity index (χ2n) is 7.85. The molecular weight excluding hydrogens is 504 g/mol. The molecule has 1 N–H and O–H groups in total. The third-order valence-corrected chi connectivity index (χ3v) is 6.74. The molecule has 1 aromatic heterocycles. The summed E-state index contributed by atoms with van der Waals surface area (Å²) < 4.78 is 14.9. The number of benzene rings is 3. The number of hydrogen-bond donors (Lipinski definition) is 1. The first-order valence-electron chi connectivity index (χ1n) is 10.4. The first-order chi connectivity index (χ1) is 16.1. The van der Waals surface area contributed by atoms with E-state index in [0.717, 1.165) is 43.9 Å². The molecule has 0 unspecified atom stereocenters. The van der Waals surface area contributed by atoms with Gasteiger partial charge >= 0.3 is 0 Å². The highest BCUT2D eigenvalue weighted by atomic mass is 79.9. The van der Waals surface area contributed by atoms with Crippen molar-refractivity contribution >= 4 is 39.2 Å². The van der Waals surface area contributed by atoms with Gasteiger partial charge < -0.3 is 14.8 Å². The van der Waals surface area contributed by atoms with E-state index in [1.807, 2.05) is 59.3 Å². The van der Waals surface area contributed by atoms with Crippen molar-refractivity contribution in [2.75, 3.05) is 12.4 Å². The zero-order valence-corrected chi connectivity index (χ0v) is 19.8. The Morgan fingerprint density at radius 1 is 1.03 bits per heavy atom. The Balaban J connectivity index is 1.61. The first-order valence-corrected chi connectivity index (χ1v) is 11.6. The van der Waals surface area contributed by atoms with Crippen LogP contribution in [0.1, 0.15) is 28.8 Å². The van der Waals surface area contributed by atoms with Crippen molar-refractivity contribution in [3.05, 3.63) is 105 Å². The minimum Gasteiger partial charge on any atom is -0.497 e. The average Bonchev–Trinajstić information content (AvgIpc) is 3.31. The van der Waals surface area contributed by atoms with Gasteiger partial charge in [-0.3, -0.25) is 0 Å². The van der Waals surface area contributed by atoms with Gasteiger partial charge in [-0.1, -0.05) is 51.8 Å². The van der Waals surface area contributed by atoms with Crippen LogP contribution in [-0.2, 0) is 0 Å². The summed E-state index contributed by atoms with van der Waals surface area (Å²) >= 11 is 9.93. The fourth-order valence-corrected chi connectivity index (χ4v) is 4.90. The van der Waals surface area contributed by atoms with Gasteiger partial charge in [0.05, 0.1) is 12.8 Å². The smallest absolute Gasteiger partial charge is 0.226 e. The molecular formula is C25H18BrClN4O2. The molecule has 0 fully saturated rings. The van der Waals surface area contributed by atoms with Crippen molar-refractivity contribution in [2.45, 2.75) is 12.1 Å². The Morgan fingerprint density at radius 2 is 1.79 bits per heavy atom. The van der Waals surface area contributed by atoms with E-state index in [-0.39, 0.29) is 12.1 Å². The first kappa shape index (κ1) is 20.3. The maximum absolute atomic E-state index is 6.61. The van der Waals surface area contributed by atoms with Crippen LogP contribution in [0.5, 0.6) is 11.5 Å². The number of halogens is 2. The van der Waals surface area contributed by atoms with Crippen LogP contribution in [0.2, 0.25) is 5.02 Å². The van der Waals surface area contributed by atoms with Gasteiger partial charge in [-0.05, 0) is 53.6 Å². The lowest BCUT2D eigenvalue weighted by Crippen LogP contribution is -2.32. The maximum atomic E-state index is 6.61. The van der Waals surface area contributed by atoms with Gasteiger partial charge in [0.1, 0.15) is 30.0 Å². The minimum atomic E-state index is -0.349. The highest BCUT2D eigenvalue weighted by molar-refractivity contribution is 9.10. The van der Waals surface area contributed by atoms with E-state index in [0.29, 0.717) is 11.0 Å². The van der Waals surface area contributed by atoms with Crippen LogP contribution in [0, 0.1) is 0 Å². The summed E-state index contributed by atoms with van der Waals surface area (Å²) in [5, 5.41) is 8.68. The van der Waals surface area contributed by atoms with Crippen LogP contribution in [0.4, 0.5) is 5.95 Å². The molecule has 3 aromatic carbocycles. The number of nitrogens with one attached hydrogen (secondary N) is 1. The Bertz CT molecular complexity index is 1380. The topological polar surface area (TPSA) is 61.2 Å². The highest BCUT2D eigenvalue weighted by Gasteiger charge is 2.41. The molecule has 2 atom stereocenters. The van der Waals surface area contributed by atoms with Crippen LogP contribution in [0.15, 0.2) is 83.1 Å². The van der Waals surface area contributed by atoms with Gasteiger partial charge in [0, 0.05) is 20.6 Å². The summed E-state index contributed by atoms with van der Waals surface area (Å²) in [6, 6.07) is 21.7. The van der Waals surface area contributed by atoms with Crippen molar-refractivity contribution in [1.82, 2.24) is 14.8 Å². The molecule has 0 spiro atoms. The number of rotatable bonds is 3. The van der Waals surface area contributed by atoms with Gasteiger partial charge in [0.25, 0.3) is 0 Å². The predicted molar refractivity (Wildman–Crippen MR) is 131 cm³/mol. The lowest BCUT2D eigenvalue weighted by Gasteiger charge is -2.39. The Hall–Kier alpha value is -3.29. The molecule has 0 aliphatic carbocycles. The number of anilines is 1. The van der Waals surface area contributed by atoms with Crippen molar-refractivity contribution in [3.8, 4) is 11.5 Å². The predicted octanol–water partition coefficient (Wildman–Crippen LogP) is 6.26. The van der Waals surface area contributed by atoms with Gasteiger partial charge in [0.15, 0.2) is 0 Å². The number of hydrogen-bond acceptors (Lipinski definition) is 5. The molecule has 6 nitrogen and oxygen atoms in total. The fraction of sp³-hybridized carbons (Fsp3) is 0.120. The van der Waals surface area contributed by atoms with Gasteiger partial charge in [-0.25, -0.2) is 4.68 Å². The lowest BCUT2D eigenvalue weighted by molar-refractivity contribution is 0.223. The molecule has 0 saturated carbocycles. The molecule has 6 rings (SSSR count). The van der Waals surface area contributed by atoms with Crippen LogP contribution in [0.25, 0.3) is 5.70 Å². The normalized spacial score (nSPS) is 18.5. The van der Waals surface area contributed by atoms with Gasteiger partial charge in [-0.15, -0.1) is 0 Å². The van der Waals surface area contributed by atoms with Crippen molar-refractivity contribution in [3.63, 3.8) is 0 Å². The van der Waals surface area contributed by atoms with Crippen molar-refractivity contribution in [2.24, 2.45) is 0 Å². The van der Waals surface area contributed by atoms with E-state index in [9.17, 15) is 0 Å². The Morgan fingerprint density at radius 3 is 2.55 bits per heavy atom. The third kappa shape index (κ3) is 3.39. The second kappa shape index (κ2) is 7.93. The molecule has 0 saturated heterocycles. The lowest BCUT2D eigenvalue weighted by atomic mass is 9.84. The van der Waals surface area contributed by atoms with Gasteiger partial charge in [0.2, 0.25) is 5.95 Å². The molecule has 0 bridgehead atoms. The maximum Gasteiger partial charge on any atom is 0.226 e. The summed E-state index contributed by atoms with van der Waals surface area (Å²) in [4.78, 5) is 4.46. The van der Waals surface area contributed by atoms with Gasteiger partial charge in [-0.2, -0.15) is 10.1 Å². The zero-order valence-electron chi connectivity index (χ0n) is 17.5. The molecule has 2 aliphatic heterocycles. The molecule has 164 valence electrons. The summed E-state index contributed by atoms with van der Waals surface area (Å²) in [7, 11) is 1.66. The van der Waals surface area contributed by atoms with Crippen LogP contribution in [0.3, 0.4) is 0 Å². The number of ether oxygens (including phenoxy) is 2. The number of aromatic nitrogens is 3.